The molecule has 2 aromatic rings. The van der Waals surface area contributed by atoms with E-state index >= 15 is 0 Å². The number of benzene rings is 1. The van der Waals surface area contributed by atoms with Gasteiger partial charge in [-0.2, -0.15) is 0 Å². The van der Waals surface area contributed by atoms with E-state index in [4.69, 9.17) is 10.5 Å². The van der Waals surface area contributed by atoms with E-state index in [1.807, 2.05) is 13.0 Å². The average molecular weight is 285 g/mol. The monoisotopic (exact) mass is 285 g/mol. The van der Waals surface area contributed by atoms with Crippen molar-refractivity contribution < 1.29 is 4.74 Å². The van der Waals surface area contributed by atoms with Gasteiger partial charge in [0.15, 0.2) is 5.82 Å². The van der Waals surface area contributed by atoms with Gasteiger partial charge in [0.1, 0.15) is 12.4 Å². The maximum Gasteiger partial charge on any atom is 0.157 e. The van der Waals surface area contributed by atoms with Crippen molar-refractivity contribution in [2.75, 3.05) is 12.3 Å². The van der Waals surface area contributed by atoms with Crippen molar-refractivity contribution in [1.82, 2.24) is 9.97 Å². The van der Waals surface area contributed by atoms with Crippen LogP contribution in [-0.2, 0) is 17.8 Å². The number of hydrogen-bond donors (Lipinski definition) is 1. The number of ether oxygens (including phenoxy) is 1. The Morgan fingerprint density at radius 2 is 2.00 bits per heavy atom. The molecule has 0 amide bonds. The Morgan fingerprint density at radius 1 is 1.19 bits per heavy atom. The molecule has 1 aromatic carbocycles. The Kier molecular flexibility index (Phi) is 5.28. The van der Waals surface area contributed by atoms with Gasteiger partial charge in [-0.25, -0.2) is 9.97 Å². The lowest BCUT2D eigenvalue weighted by Crippen LogP contribution is -2.03. The molecule has 21 heavy (non-hydrogen) atoms. The predicted octanol–water partition coefficient (Wildman–Crippen LogP) is 3.46. The van der Waals surface area contributed by atoms with Gasteiger partial charge in [0, 0.05) is 18.2 Å². The summed E-state index contributed by atoms with van der Waals surface area (Å²) in [6.07, 6.45) is 1.06. The normalized spacial score (nSPS) is 11.0. The van der Waals surface area contributed by atoms with E-state index in [0.717, 1.165) is 17.7 Å². The van der Waals surface area contributed by atoms with Crippen molar-refractivity contribution in [2.24, 2.45) is 5.92 Å². The second-order valence-electron chi connectivity index (χ2n) is 5.53. The number of nitrogen functional groups attached to an aromatic ring is 1. The molecular formula is C17H23N3O. The minimum Gasteiger partial charge on any atom is -0.384 e. The number of aromatic nitrogens is 2. The molecule has 2 N–H and O–H groups in total. The summed E-state index contributed by atoms with van der Waals surface area (Å²) in [4.78, 5) is 8.75. The molecule has 1 heterocycles. The summed E-state index contributed by atoms with van der Waals surface area (Å²) in [5, 5.41) is 0. The van der Waals surface area contributed by atoms with Crippen LogP contribution in [0.25, 0.3) is 11.3 Å². The van der Waals surface area contributed by atoms with Crippen molar-refractivity contribution in [3.8, 4) is 11.3 Å². The van der Waals surface area contributed by atoms with Gasteiger partial charge in [0.25, 0.3) is 0 Å². The van der Waals surface area contributed by atoms with Gasteiger partial charge in [-0.15, -0.1) is 0 Å². The highest BCUT2D eigenvalue weighted by Gasteiger charge is 2.07. The second kappa shape index (κ2) is 7.18. The molecule has 0 aliphatic rings. The summed E-state index contributed by atoms with van der Waals surface area (Å²) in [7, 11) is 0. The van der Waals surface area contributed by atoms with E-state index in [9.17, 15) is 0 Å². The highest BCUT2D eigenvalue weighted by molar-refractivity contribution is 5.62. The first kappa shape index (κ1) is 15.4. The van der Waals surface area contributed by atoms with Gasteiger partial charge in [0.2, 0.25) is 0 Å². The quantitative estimate of drug-likeness (QED) is 0.883. The highest BCUT2D eigenvalue weighted by Crippen LogP contribution is 2.21. The van der Waals surface area contributed by atoms with Crippen LogP contribution in [0.1, 0.15) is 32.2 Å². The lowest BCUT2D eigenvalue weighted by Gasteiger charge is -2.09. The van der Waals surface area contributed by atoms with Crippen LogP contribution in [0, 0.1) is 5.92 Å². The van der Waals surface area contributed by atoms with E-state index in [0.29, 0.717) is 30.8 Å². The molecule has 0 bridgehead atoms. The van der Waals surface area contributed by atoms with Gasteiger partial charge < -0.3 is 10.5 Å². The Morgan fingerprint density at radius 3 is 2.71 bits per heavy atom. The molecule has 1 aromatic heterocycles. The summed E-state index contributed by atoms with van der Waals surface area (Å²) < 4.78 is 5.36. The van der Waals surface area contributed by atoms with E-state index in [1.165, 1.54) is 5.56 Å². The SMILES string of the molecule is CCOCc1nc(N)cc(-c2cccc(CC(C)C)c2)n1. The summed E-state index contributed by atoms with van der Waals surface area (Å²) in [5.41, 5.74) is 9.11. The molecule has 4 heteroatoms. The predicted molar refractivity (Wildman–Crippen MR) is 85.8 cm³/mol. The summed E-state index contributed by atoms with van der Waals surface area (Å²) in [5.74, 6) is 1.73. The van der Waals surface area contributed by atoms with Crippen LogP contribution in [0.3, 0.4) is 0 Å². The van der Waals surface area contributed by atoms with Crippen LogP contribution in [0.5, 0.6) is 0 Å². The molecular weight excluding hydrogens is 262 g/mol. The van der Waals surface area contributed by atoms with Gasteiger partial charge in [-0.3, -0.25) is 0 Å². The minimum atomic E-state index is 0.389. The standard InChI is InChI=1S/C17H23N3O/c1-4-21-11-17-19-15(10-16(18)20-17)14-7-5-6-13(9-14)8-12(2)3/h5-7,9-10,12H,4,8,11H2,1-3H3,(H2,18,19,20). The lowest BCUT2D eigenvalue weighted by atomic mass is 10.00. The summed E-state index contributed by atoms with van der Waals surface area (Å²) >= 11 is 0. The van der Waals surface area contributed by atoms with Gasteiger partial charge in [-0.1, -0.05) is 32.0 Å². The zero-order valence-corrected chi connectivity index (χ0v) is 13.0. The Bertz CT molecular complexity index is 596. The fourth-order valence-corrected chi connectivity index (χ4v) is 2.25. The van der Waals surface area contributed by atoms with Crippen molar-refractivity contribution in [3.63, 3.8) is 0 Å². The largest absolute Gasteiger partial charge is 0.384 e. The van der Waals surface area contributed by atoms with Crippen molar-refractivity contribution in [1.29, 1.82) is 0 Å². The zero-order valence-electron chi connectivity index (χ0n) is 13.0. The van der Waals surface area contributed by atoms with Crippen LogP contribution in [0.2, 0.25) is 0 Å². The van der Waals surface area contributed by atoms with E-state index < -0.39 is 0 Å². The summed E-state index contributed by atoms with van der Waals surface area (Å²) in [6, 6.07) is 10.2. The van der Waals surface area contributed by atoms with Gasteiger partial charge in [-0.05, 0) is 30.9 Å². The van der Waals surface area contributed by atoms with Gasteiger partial charge in [0.05, 0.1) is 5.69 Å². The maximum atomic E-state index is 5.88. The van der Waals surface area contributed by atoms with E-state index in [2.05, 4.69) is 48.1 Å². The first-order valence-corrected chi connectivity index (χ1v) is 7.39. The third-order valence-corrected chi connectivity index (χ3v) is 3.09. The Labute approximate surface area is 126 Å². The minimum absolute atomic E-state index is 0.389. The first-order valence-electron chi connectivity index (χ1n) is 7.39. The van der Waals surface area contributed by atoms with Crippen LogP contribution in [0.4, 0.5) is 5.82 Å². The third kappa shape index (κ3) is 4.53. The fraction of sp³-hybridized carbons (Fsp3) is 0.412. The van der Waals surface area contributed by atoms with E-state index in [-0.39, 0.29) is 0 Å². The molecule has 0 atom stereocenters. The van der Waals surface area contributed by atoms with Crippen LogP contribution in [0.15, 0.2) is 30.3 Å². The number of hydrogen-bond acceptors (Lipinski definition) is 4. The Balaban J connectivity index is 2.30. The molecule has 0 aliphatic heterocycles. The zero-order chi connectivity index (χ0) is 15.2. The molecule has 0 aliphatic carbocycles. The first-order chi connectivity index (χ1) is 10.1. The molecule has 0 spiro atoms. The molecule has 4 nitrogen and oxygen atoms in total. The van der Waals surface area contributed by atoms with Crippen LogP contribution < -0.4 is 5.73 Å². The van der Waals surface area contributed by atoms with Gasteiger partial charge >= 0.3 is 0 Å². The number of nitrogens with zero attached hydrogens (tertiary/aromatic N) is 2. The Hall–Kier alpha value is -1.94. The molecule has 0 fully saturated rings. The number of rotatable bonds is 6. The second-order valence-corrected chi connectivity index (χ2v) is 5.53. The molecule has 0 radical (unpaired) electrons. The summed E-state index contributed by atoms with van der Waals surface area (Å²) in [6.45, 7) is 7.41. The number of nitrogens with two attached hydrogens (primary N) is 1. The molecule has 112 valence electrons. The highest BCUT2D eigenvalue weighted by atomic mass is 16.5. The van der Waals surface area contributed by atoms with Crippen LogP contribution in [-0.4, -0.2) is 16.6 Å². The molecule has 2 rings (SSSR count). The molecule has 0 saturated carbocycles. The number of anilines is 1. The molecule has 0 saturated heterocycles. The fourth-order valence-electron chi connectivity index (χ4n) is 2.25. The third-order valence-electron chi connectivity index (χ3n) is 3.09. The van der Waals surface area contributed by atoms with Crippen LogP contribution >= 0.6 is 0 Å². The van der Waals surface area contributed by atoms with E-state index in [1.54, 1.807) is 0 Å². The van der Waals surface area contributed by atoms with Crippen molar-refractivity contribution in [3.05, 3.63) is 41.7 Å². The van der Waals surface area contributed by atoms with Crippen molar-refractivity contribution >= 4 is 5.82 Å². The average Bonchev–Trinajstić information content (AvgIpc) is 2.44. The molecule has 0 unspecified atom stereocenters. The smallest absolute Gasteiger partial charge is 0.157 e. The lowest BCUT2D eigenvalue weighted by molar-refractivity contribution is 0.128. The topological polar surface area (TPSA) is 61.0 Å². The van der Waals surface area contributed by atoms with Crippen molar-refractivity contribution in [2.45, 2.75) is 33.8 Å². The maximum absolute atomic E-state index is 5.88.